The zero-order valence-corrected chi connectivity index (χ0v) is 8.84. The van der Waals surface area contributed by atoms with Crippen molar-refractivity contribution in [2.24, 2.45) is 5.73 Å². The number of amides is 1. The summed E-state index contributed by atoms with van der Waals surface area (Å²) in [6.45, 7) is 0. The Labute approximate surface area is 92.9 Å². The van der Waals surface area contributed by atoms with Gasteiger partial charge < -0.3 is 10.5 Å². The van der Waals surface area contributed by atoms with Crippen molar-refractivity contribution >= 4 is 18.0 Å². The van der Waals surface area contributed by atoms with Crippen LogP contribution in [0.4, 0.5) is 0 Å². The van der Waals surface area contributed by atoms with Gasteiger partial charge in [-0.25, -0.2) is 9.78 Å². The van der Waals surface area contributed by atoms with Crippen LogP contribution in [0.25, 0.3) is 6.08 Å². The molecule has 1 aromatic rings. The van der Waals surface area contributed by atoms with E-state index in [2.05, 4.69) is 9.72 Å². The first-order valence-corrected chi connectivity index (χ1v) is 4.62. The SMILES string of the molecule is COC(=O)c1ccc(C=CCC(N)=O)cn1. The van der Waals surface area contributed by atoms with Gasteiger partial charge in [-0.05, 0) is 11.6 Å². The number of methoxy groups -OCH3 is 1. The van der Waals surface area contributed by atoms with Gasteiger partial charge in [-0.1, -0.05) is 18.2 Å². The normalized spacial score (nSPS) is 10.3. The van der Waals surface area contributed by atoms with Crippen molar-refractivity contribution in [3.63, 3.8) is 0 Å². The Balaban J connectivity index is 2.68. The maximum Gasteiger partial charge on any atom is 0.356 e. The molecule has 0 aliphatic heterocycles. The molecule has 1 rings (SSSR count). The molecular weight excluding hydrogens is 208 g/mol. The molecule has 1 aromatic heterocycles. The number of rotatable bonds is 4. The van der Waals surface area contributed by atoms with E-state index in [1.165, 1.54) is 13.3 Å². The molecule has 5 nitrogen and oxygen atoms in total. The summed E-state index contributed by atoms with van der Waals surface area (Å²) >= 11 is 0. The van der Waals surface area contributed by atoms with Crippen LogP contribution in [0, 0.1) is 0 Å². The molecule has 1 amide bonds. The fraction of sp³-hybridized carbons (Fsp3) is 0.182. The number of nitrogens with two attached hydrogens (primary N) is 1. The lowest BCUT2D eigenvalue weighted by atomic mass is 10.2. The van der Waals surface area contributed by atoms with Gasteiger partial charge in [0.15, 0.2) is 0 Å². The van der Waals surface area contributed by atoms with Crippen molar-refractivity contribution in [1.82, 2.24) is 4.98 Å². The van der Waals surface area contributed by atoms with Crippen molar-refractivity contribution in [2.45, 2.75) is 6.42 Å². The number of pyridine rings is 1. The van der Waals surface area contributed by atoms with Gasteiger partial charge in [0, 0.05) is 12.6 Å². The van der Waals surface area contributed by atoms with E-state index in [1.54, 1.807) is 24.3 Å². The minimum Gasteiger partial charge on any atom is -0.464 e. The zero-order chi connectivity index (χ0) is 12.0. The average molecular weight is 220 g/mol. The molecule has 0 aliphatic carbocycles. The van der Waals surface area contributed by atoms with Crippen LogP contribution in [0.1, 0.15) is 22.5 Å². The van der Waals surface area contributed by atoms with E-state index in [4.69, 9.17) is 5.73 Å². The number of hydrogen-bond donors (Lipinski definition) is 1. The molecule has 5 heteroatoms. The van der Waals surface area contributed by atoms with Crippen molar-refractivity contribution in [3.05, 3.63) is 35.7 Å². The van der Waals surface area contributed by atoms with Gasteiger partial charge in [0.25, 0.3) is 0 Å². The number of ether oxygens (including phenoxy) is 1. The van der Waals surface area contributed by atoms with Gasteiger partial charge in [0.1, 0.15) is 5.69 Å². The predicted octanol–water partition coefficient (Wildman–Crippen LogP) is 0.757. The number of hydrogen-bond acceptors (Lipinski definition) is 4. The van der Waals surface area contributed by atoms with E-state index in [-0.39, 0.29) is 12.1 Å². The Morgan fingerprint density at radius 2 is 2.25 bits per heavy atom. The van der Waals surface area contributed by atoms with E-state index in [1.807, 2.05) is 0 Å². The Kier molecular flexibility index (Phi) is 4.20. The maximum atomic E-state index is 11.1. The summed E-state index contributed by atoms with van der Waals surface area (Å²) in [6, 6.07) is 3.26. The highest BCUT2D eigenvalue weighted by molar-refractivity contribution is 5.87. The summed E-state index contributed by atoms with van der Waals surface area (Å²) in [5.74, 6) is -0.872. The second kappa shape index (κ2) is 5.65. The Hall–Kier alpha value is -2.17. The van der Waals surface area contributed by atoms with Crippen molar-refractivity contribution < 1.29 is 14.3 Å². The molecule has 0 aliphatic rings. The van der Waals surface area contributed by atoms with Crippen LogP contribution in [0.2, 0.25) is 0 Å². The highest BCUT2D eigenvalue weighted by Crippen LogP contribution is 2.04. The molecule has 0 saturated carbocycles. The molecule has 16 heavy (non-hydrogen) atoms. The number of primary amides is 1. The fourth-order valence-corrected chi connectivity index (χ4v) is 1.04. The first-order chi connectivity index (χ1) is 7.63. The van der Waals surface area contributed by atoms with Gasteiger partial charge in [-0.2, -0.15) is 0 Å². The molecule has 0 spiro atoms. The molecule has 0 fully saturated rings. The van der Waals surface area contributed by atoms with Gasteiger partial charge in [0.05, 0.1) is 7.11 Å². The quantitative estimate of drug-likeness (QED) is 0.759. The number of carbonyl (C=O) groups is 2. The molecule has 0 bridgehead atoms. The van der Waals surface area contributed by atoms with Gasteiger partial charge >= 0.3 is 5.97 Å². The average Bonchev–Trinajstić information content (AvgIpc) is 2.28. The standard InChI is InChI=1S/C11H12N2O3/c1-16-11(15)9-6-5-8(7-13-9)3-2-4-10(12)14/h2-3,5-7H,4H2,1H3,(H2,12,14). The van der Waals surface area contributed by atoms with Crippen LogP contribution in [0.5, 0.6) is 0 Å². The van der Waals surface area contributed by atoms with Crippen LogP contribution in [0.3, 0.4) is 0 Å². The summed E-state index contributed by atoms with van der Waals surface area (Å²) in [5, 5.41) is 0. The van der Waals surface area contributed by atoms with Crippen LogP contribution < -0.4 is 5.73 Å². The monoisotopic (exact) mass is 220 g/mol. The Bertz CT molecular complexity index is 410. The third-order valence-corrected chi connectivity index (χ3v) is 1.81. The van der Waals surface area contributed by atoms with Gasteiger partial charge in [-0.3, -0.25) is 4.79 Å². The third-order valence-electron chi connectivity index (χ3n) is 1.81. The van der Waals surface area contributed by atoms with Gasteiger partial charge in [-0.15, -0.1) is 0 Å². The Morgan fingerprint density at radius 3 is 2.75 bits per heavy atom. The lowest BCUT2D eigenvalue weighted by molar-refractivity contribution is -0.117. The first-order valence-electron chi connectivity index (χ1n) is 4.62. The summed E-state index contributed by atoms with van der Waals surface area (Å²) in [6.07, 6.45) is 5.04. The van der Waals surface area contributed by atoms with Crippen LogP contribution in [-0.2, 0) is 9.53 Å². The lowest BCUT2D eigenvalue weighted by Crippen LogP contribution is -2.07. The molecule has 2 N–H and O–H groups in total. The van der Waals surface area contributed by atoms with Crippen LogP contribution in [0.15, 0.2) is 24.4 Å². The molecule has 84 valence electrons. The number of aromatic nitrogens is 1. The minimum absolute atomic E-state index is 0.179. The largest absolute Gasteiger partial charge is 0.464 e. The number of nitrogens with zero attached hydrogens (tertiary/aromatic N) is 1. The van der Waals surface area contributed by atoms with E-state index >= 15 is 0 Å². The molecule has 0 aromatic carbocycles. The molecule has 0 radical (unpaired) electrons. The number of carbonyl (C=O) groups excluding carboxylic acids is 2. The second-order valence-electron chi connectivity index (χ2n) is 3.04. The fourth-order valence-electron chi connectivity index (χ4n) is 1.04. The van der Waals surface area contributed by atoms with Crippen molar-refractivity contribution in [2.75, 3.05) is 7.11 Å². The Morgan fingerprint density at radius 1 is 1.50 bits per heavy atom. The lowest BCUT2D eigenvalue weighted by Gasteiger charge is -1.98. The zero-order valence-electron chi connectivity index (χ0n) is 8.84. The second-order valence-corrected chi connectivity index (χ2v) is 3.04. The van der Waals surface area contributed by atoms with Gasteiger partial charge in [0.2, 0.25) is 5.91 Å². The molecule has 0 saturated heterocycles. The topological polar surface area (TPSA) is 82.3 Å². The summed E-state index contributed by atoms with van der Waals surface area (Å²) in [7, 11) is 1.30. The molecule has 0 atom stereocenters. The first kappa shape index (κ1) is 11.9. The summed E-state index contributed by atoms with van der Waals surface area (Å²) in [5.41, 5.74) is 6.00. The van der Waals surface area contributed by atoms with E-state index in [9.17, 15) is 9.59 Å². The van der Waals surface area contributed by atoms with Crippen molar-refractivity contribution in [3.8, 4) is 0 Å². The summed E-state index contributed by atoms with van der Waals surface area (Å²) < 4.78 is 4.51. The molecule has 1 heterocycles. The molecular formula is C11H12N2O3. The third kappa shape index (κ3) is 3.53. The van der Waals surface area contributed by atoms with Crippen LogP contribution >= 0.6 is 0 Å². The molecule has 0 unspecified atom stereocenters. The van der Waals surface area contributed by atoms with E-state index < -0.39 is 11.9 Å². The van der Waals surface area contributed by atoms with E-state index in [0.29, 0.717) is 0 Å². The van der Waals surface area contributed by atoms with E-state index in [0.717, 1.165) is 5.56 Å². The highest BCUT2D eigenvalue weighted by Gasteiger charge is 2.04. The van der Waals surface area contributed by atoms with Crippen molar-refractivity contribution in [1.29, 1.82) is 0 Å². The minimum atomic E-state index is -0.479. The number of esters is 1. The predicted molar refractivity (Wildman–Crippen MR) is 58.4 cm³/mol. The highest BCUT2D eigenvalue weighted by atomic mass is 16.5. The smallest absolute Gasteiger partial charge is 0.356 e. The van der Waals surface area contributed by atoms with Crippen LogP contribution in [-0.4, -0.2) is 24.0 Å². The summed E-state index contributed by atoms with van der Waals surface area (Å²) in [4.78, 5) is 25.4. The maximum absolute atomic E-state index is 11.1.